The minimum Gasteiger partial charge on any atom is -0.481 e. The fourth-order valence-corrected chi connectivity index (χ4v) is 1.62. The van der Waals surface area contributed by atoms with Gasteiger partial charge in [0, 0.05) is 19.0 Å². The molecule has 0 saturated heterocycles. The van der Waals surface area contributed by atoms with Gasteiger partial charge >= 0.3 is 5.97 Å². The molecule has 1 aromatic carbocycles. The summed E-state index contributed by atoms with van der Waals surface area (Å²) < 4.78 is 13.5. The topological polar surface area (TPSA) is 92.5 Å². The van der Waals surface area contributed by atoms with Gasteiger partial charge in [-0.25, -0.2) is 4.39 Å². The van der Waals surface area contributed by atoms with Crippen molar-refractivity contribution in [3.63, 3.8) is 0 Å². The van der Waals surface area contributed by atoms with Crippen LogP contribution in [0.15, 0.2) is 18.2 Å². The lowest BCUT2D eigenvalue weighted by Gasteiger charge is -2.14. The average molecular weight is 270 g/mol. The second-order valence-electron chi connectivity index (χ2n) is 4.17. The van der Waals surface area contributed by atoms with Gasteiger partial charge in [-0.3, -0.25) is 14.9 Å². The Balaban J connectivity index is 2.67. The summed E-state index contributed by atoms with van der Waals surface area (Å²) in [5.74, 6) is -1.75. The molecule has 104 valence electrons. The fraction of sp³-hybridized carbons (Fsp3) is 0.417. The quantitative estimate of drug-likeness (QED) is 0.587. The largest absolute Gasteiger partial charge is 0.481 e. The number of halogens is 1. The summed E-state index contributed by atoms with van der Waals surface area (Å²) in [5, 5.41) is 21.9. The van der Waals surface area contributed by atoms with Crippen molar-refractivity contribution in [3.8, 4) is 0 Å². The molecule has 0 bridgehead atoms. The van der Waals surface area contributed by atoms with E-state index >= 15 is 0 Å². The molecule has 1 atom stereocenters. The molecule has 19 heavy (non-hydrogen) atoms. The zero-order valence-electron chi connectivity index (χ0n) is 10.4. The van der Waals surface area contributed by atoms with E-state index in [2.05, 4.69) is 5.32 Å². The van der Waals surface area contributed by atoms with Gasteiger partial charge in [-0.05, 0) is 12.0 Å². The summed E-state index contributed by atoms with van der Waals surface area (Å²) >= 11 is 0. The van der Waals surface area contributed by atoms with E-state index in [1.54, 1.807) is 0 Å². The van der Waals surface area contributed by atoms with Crippen LogP contribution >= 0.6 is 0 Å². The Labute approximate surface area is 109 Å². The Morgan fingerprint density at radius 3 is 2.74 bits per heavy atom. The minimum absolute atomic E-state index is 0.00188. The van der Waals surface area contributed by atoms with Crippen LogP contribution in [0, 0.1) is 21.8 Å². The monoisotopic (exact) mass is 270 g/mol. The van der Waals surface area contributed by atoms with Crippen molar-refractivity contribution in [2.45, 2.75) is 19.8 Å². The summed E-state index contributed by atoms with van der Waals surface area (Å²) in [5.41, 5.74) is -0.185. The number of nitro groups is 1. The van der Waals surface area contributed by atoms with Crippen LogP contribution in [0.2, 0.25) is 0 Å². The third-order valence-corrected chi connectivity index (χ3v) is 2.79. The molecule has 0 aliphatic rings. The van der Waals surface area contributed by atoms with E-state index in [9.17, 15) is 19.3 Å². The van der Waals surface area contributed by atoms with Crippen LogP contribution in [0.4, 0.5) is 15.8 Å². The molecule has 0 aromatic heterocycles. The van der Waals surface area contributed by atoms with Crippen LogP contribution in [0.3, 0.4) is 0 Å². The first kappa shape index (κ1) is 14.9. The molecule has 0 radical (unpaired) electrons. The molecule has 6 nitrogen and oxygen atoms in total. The average Bonchev–Trinajstić information content (AvgIpc) is 2.34. The molecule has 1 aromatic rings. The molecule has 0 heterocycles. The lowest BCUT2D eigenvalue weighted by molar-refractivity contribution is -0.385. The van der Waals surface area contributed by atoms with Gasteiger partial charge in [-0.1, -0.05) is 13.3 Å². The van der Waals surface area contributed by atoms with Crippen LogP contribution in [0.5, 0.6) is 0 Å². The van der Waals surface area contributed by atoms with Crippen molar-refractivity contribution in [1.82, 2.24) is 0 Å². The molecule has 1 unspecified atom stereocenters. The van der Waals surface area contributed by atoms with Crippen LogP contribution in [-0.2, 0) is 4.79 Å². The predicted molar refractivity (Wildman–Crippen MR) is 67.6 cm³/mol. The maximum absolute atomic E-state index is 13.5. The number of hydrogen-bond acceptors (Lipinski definition) is 4. The number of non-ortho nitro benzene ring substituents is 1. The second-order valence-corrected chi connectivity index (χ2v) is 4.17. The third-order valence-electron chi connectivity index (χ3n) is 2.79. The van der Waals surface area contributed by atoms with Gasteiger partial charge in [-0.15, -0.1) is 0 Å². The molecule has 0 aliphatic carbocycles. The van der Waals surface area contributed by atoms with Gasteiger partial charge in [0.05, 0.1) is 16.7 Å². The number of anilines is 1. The van der Waals surface area contributed by atoms with Crippen molar-refractivity contribution in [2.24, 2.45) is 5.92 Å². The van der Waals surface area contributed by atoms with Gasteiger partial charge < -0.3 is 10.4 Å². The number of benzene rings is 1. The number of carboxylic acids is 1. The van der Waals surface area contributed by atoms with Gasteiger partial charge in [-0.2, -0.15) is 0 Å². The molecule has 0 spiro atoms. The second kappa shape index (κ2) is 6.67. The Kier molecular flexibility index (Phi) is 5.23. The maximum Gasteiger partial charge on any atom is 0.303 e. The highest BCUT2D eigenvalue weighted by Gasteiger charge is 2.14. The molecule has 0 saturated carbocycles. The molecular weight excluding hydrogens is 255 g/mol. The highest BCUT2D eigenvalue weighted by atomic mass is 19.1. The first-order chi connectivity index (χ1) is 8.93. The summed E-state index contributed by atoms with van der Waals surface area (Å²) in [4.78, 5) is 20.4. The standard InChI is InChI=1S/C12H15FN2O4/c1-2-8(5-12(16)17)7-14-11-4-3-9(15(18)19)6-10(11)13/h3-4,6,8,14H,2,5,7H2,1H3,(H,16,17). The number of carbonyl (C=O) groups is 1. The first-order valence-corrected chi connectivity index (χ1v) is 5.83. The van der Waals surface area contributed by atoms with E-state index in [4.69, 9.17) is 5.11 Å². The number of hydrogen-bond donors (Lipinski definition) is 2. The zero-order valence-corrected chi connectivity index (χ0v) is 10.4. The molecular formula is C12H15FN2O4. The van der Waals surface area contributed by atoms with E-state index in [0.29, 0.717) is 13.0 Å². The smallest absolute Gasteiger partial charge is 0.303 e. The van der Waals surface area contributed by atoms with Crippen molar-refractivity contribution in [3.05, 3.63) is 34.1 Å². The summed E-state index contributed by atoms with van der Waals surface area (Å²) in [6, 6.07) is 3.31. The summed E-state index contributed by atoms with van der Waals surface area (Å²) in [6.45, 7) is 2.15. The van der Waals surface area contributed by atoms with E-state index in [0.717, 1.165) is 6.07 Å². The van der Waals surface area contributed by atoms with E-state index in [-0.39, 0.29) is 23.7 Å². The lowest BCUT2D eigenvalue weighted by atomic mass is 10.0. The van der Waals surface area contributed by atoms with E-state index < -0.39 is 16.7 Å². The number of carboxylic acid groups (broad SMARTS) is 1. The zero-order chi connectivity index (χ0) is 14.4. The predicted octanol–water partition coefficient (Wildman–Crippen LogP) is 2.65. The molecule has 0 amide bonds. The molecule has 0 fully saturated rings. The number of aliphatic carboxylic acids is 1. The number of nitro benzene ring substituents is 1. The molecule has 7 heteroatoms. The van der Waals surface area contributed by atoms with E-state index in [1.165, 1.54) is 12.1 Å². The lowest BCUT2D eigenvalue weighted by Crippen LogP contribution is -2.17. The van der Waals surface area contributed by atoms with Gasteiger partial charge in [0.1, 0.15) is 0 Å². The van der Waals surface area contributed by atoms with Crippen molar-refractivity contribution in [1.29, 1.82) is 0 Å². The van der Waals surface area contributed by atoms with Crippen molar-refractivity contribution >= 4 is 17.3 Å². The van der Waals surface area contributed by atoms with Crippen LogP contribution in [0.1, 0.15) is 19.8 Å². The summed E-state index contributed by atoms with van der Waals surface area (Å²) in [6.07, 6.45) is 0.645. The first-order valence-electron chi connectivity index (χ1n) is 5.83. The highest BCUT2D eigenvalue weighted by Crippen LogP contribution is 2.21. The Morgan fingerprint density at radius 1 is 1.58 bits per heavy atom. The van der Waals surface area contributed by atoms with E-state index in [1.807, 2.05) is 6.92 Å². The third kappa shape index (κ3) is 4.53. The van der Waals surface area contributed by atoms with Crippen molar-refractivity contribution in [2.75, 3.05) is 11.9 Å². The fourth-order valence-electron chi connectivity index (χ4n) is 1.62. The van der Waals surface area contributed by atoms with Crippen LogP contribution in [-0.4, -0.2) is 22.5 Å². The molecule has 2 N–H and O–H groups in total. The Bertz CT molecular complexity index is 479. The normalized spacial score (nSPS) is 11.9. The maximum atomic E-state index is 13.5. The number of nitrogens with one attached hydrogen (secondary N) is 1. The van der Waals surface area contributed by atoms with Crippen LogP contribution < -0.4 is 5.32 Å². The minimum atomic E-state index is -0.905. The number of rotatable bonds is 7. The molecule has 1 rings (SSSR count). The SMILES string of the molecule is CCC(CNc1ccc([N+](=O)[O-])cc1F)CC(=O)O. The molecule has 0 aliphatic heterocycles. The Hall–Kier alpha value is -2.18. The van der Waals surface area contributed by atoms with Gasteiger partial charge in [0.15, 0.2) is 5.82 Å². The van der Waals surface area contributed by atoms with Crippen LogP contribution in [0.25, 0.3) is 0 Å². The summed E-state index contributed by atoms with van der Waals surface area (Å²) in [7, 11) is 0. The Morgan fingerprint density at radius 2 is 2.26 bits per heavy atom. The highest BCUT2D eigenvalue weighted by molar-refractivity contribution is 5.67. The van der Waals surface area contributed by atoms with Gasteiger partial charge in [0.25, 0.3) is 5.69 Å². The van der Waals surface area contributed by atoms with Crippen molar-refractivity contribution < 1.29 is 19.2 Å². The number of nitrogens with zero attached hydrogens (tertiary/aromatic N) is 1. The van der Waals surface area contributed by atoms with Gasteiger partial charge in [0.2, 0.25) is 0 Å².